The van der Waals surface area contributed by atoms with Gasteiger partial charge in [-0.05, 0) is 24.6 Å². The summed E-state index contributed by atoms with van der Waals surface area (Å²) >= 11 is 3.13. The fraction of sp³-hybridized carbons (Fsp3) is 0.364. The minimum absolute atomic E-state index is 0.0592. The predicted octanol–water partition coefficient (Wildman–Crippen LogP) is 1.61. The van der Waals surface area contributed by atoms with Crippen molar-refractivity contribution in [2.45, 2.75) is 6.42 Å². The monoisotopic (exact) mass is 302 g/mol. The third kappa shape index (κ3) is 2.28. The second-order valence-electron chi connectivity index (χ2n) is 4.07. The first-order valence-corrected chi connectivity index (χ1v) is 6.00. The van der Waals surface area contributed by atoms with Gasteiger partial charge < -0.3 is 15.7 Å². The zero-order valence-electron chi connectivity index (χ0n) is 8.99. The van der Waals surface area contributed by atoms with E-state index in [2.05, 4.69) is 15.9 Å². The third-order valence-electron chi connectivity index (χ3n) is 2.84. The van der Waals surface area contributed by atoms with Crippen LogP contribution < -0.4 is 10.6 Å². The first-order chi connectivity index (χ1) is 8.02. The first kappa shape index (κ1) is 12.3. The van der Waals surface area contributed by atoms with E-state index >= 15 is 0 Å². The number of rotatable bonds is 2. The van der Waals surface area contributed by atoms with Crippen LogP contribution in [0.3, 0.4) is 0 Å². The summed E-state index contributed by atoms with van der Waals surface area (Å²) in [6.07, 6.45) is 0.337. The molecule has 0 aromatic heterocycles. The summed E-state index contributed by atoms with van der Waals surface area (Å²) in [7, 11) is 0. The molecule has 4 nitrogen and oxygen atoms in total. The molecule has 1 aromatic rings. The van der Waals surface area contributed by atoms with Crippen LogP contribution in [0.25, 0.3) is 0 Å². The Kier molecular flexibility index (Phi) is 3.35. The summed E-state index contributed by atoms with van der Waals surface area (Å²) in [6.45, 7) is 0.818. The fourth-order valence-corrected chi connectivity index (χ4v) is 2.35. The molecule has 0 spiro atoms. The van der Waals surface area contributed by atoms with Gasteiger partial charge in [0.2, 0.25) is 5.91 Å². The van der Waals surface area contributed by atoms with Crippen molar-refractivity contribution in [1.29, 1.82) is 0 Å². The third-order valence-corrected chi connectivity index (χ3v) is 3.30. The Bertz CT molecular complexity index is 467. The zero-order chi connectivity index (χ0) is 12.6. The lowest BCUT2D eigenvalue weighted by Gasteiger charge is -2.18. The number of phenolic OH excluding ortho intramolecular Hbond substituents is 1. The minimum atomic E-state index is -0.752. The van der Waals surface area contributed by atoms with Gasteiger partial charge in [-0.3, -0.25) is 4.79 Å². The van der Waals surface area contributed by atoms with Crippen molar-refractivity contribution in [1.82, 2.24) is 0 Å². The predicted molar refractivity (Wildman–Crippen MR) is 65.3 cm³/mol. The van der Waals surface area contributed by atoms with E-state index in [9.17, 15) is 14.3 Å². The molecule has 0 bridgehead atoms. The molecule has 17 heavy (non-hydrogen) atoms. The maximum Gasteiger partial charge on any atom is 0.227 e. The lowest BCUT2D eigenvalue weighted by Crippen LogP contribution is -2.26. The molecular weight excluding hydrogens is 291 g/mol. The molecule has 1 saturated heterocycles. The van der Waals surface area contributed by atoms with Gasteiger partial charge in [0.25, 0.3) is 0 Å². The van der Waals surface area contributed by atoms with E-state index in [1.807, 2.05) is 0 Å². The molecule has 1 heterocycles. The molecule has 6 heteroatoms. The van der Waals surface area contributed by atoms with Crippen molar-refractivity contribution in [3.8, 4) is 5.75 Å². The highest BCUT2D eigenvalue weighted by molar-refractivity contribution is 9.10. The number of benzene rings is 1. The van der Waals surface area contributed by atoms with Gasteiger partial charge >= 0.3 is 0 Å². The largest absolute Gasteiger partial charge is 0.503 e. The Hall–Kier alpha value is -1.14. The minimum Gasteiger partial charge on any atom is -0.503 e. The molecule has 1 atom stereocenters. The number of nitrogens with zero attached hydrogens (tertiary/aromatic N) is 1. The van der Waals surface area contributed by atoms with E-state index < -0.39 is 11.6 Å². The Morgan fingerprint density at radius 2 is 2.29 bits per heavy atom. The van der Waals surface area contributed by atoms with Crippen LogP contribution in [-0.4, -0.2) is 24.1 Å². The molecule has 1 amide bonds. The highest BCUT2D eigenvalue weighted by atomic mass is 79.9. The van der Waals surface area contributed by atoms with Gasteiger partial charge in [-0.1, -0.05) is 15.9 Å². The van der Waals surface area contributed by atoms with E-state index in [1.54, 1.807) is 0 Å². The van der Waals surface area contributed by atoms with Gasteiger partial charge in [-0.15, -0.1) is 0 Å². The highest BCUT2D eigenvalue weighted by Crippen LogP contribution is 2.36. The maximum atomic E-state index is 13.4. The number of amides is 1. The van der Waals surface area contributed by atoms with Gasteiger partial charge in [-0.25, -0.2) is 4.39 Å². The van der Waals surface area contributed by atoms with E-state index in [4.69, 9.17) is 5.73 Å². The van der Waals surface area contributed by atoms with Gasteiger partial charge in [0, 0.05) is 17.4 Å². The average Bonchev–Trinajstić information content (AvgIpc) is 2.65. The summed E-state index contributed by atoms with van der Waals surface area (Å²) in [5.41, 5.74) is 5.70. The highest BCUT2D eigenvalue weighted by Gasteiger charge is 2.31. The number of carbonyl (C=O) groups is 1. The summed E-state index contributed by atoms with van der Waals surface area (Å²) in [5, 5.41) is 9.64. The van der Waals surface area contributed by atoms with Crippen LogP contribution in [0, 0.1) is 11.7 Å². The van der Waals surface area contributed by atoms with Crippen molar-refractivity contribution >= 4 is 27.5 Å². The lowest BCUT2D eigenvalue weighted by molar-refractivity contribution is -0.117. The molecule has 1 unspecified atom stereocenters. The number of anilines is 1. The van der Waals surface area contributed by atoms with Gasteiger partial charge in [0.05, 0.1) is 5.69 Å². The Balaban J connectivity index is 2.38. The summed E-state index contributed by atoms with van der Waals surface area (Å²) in [5.74, 6) is -1.34. The number of hydrogen-bond acceptors (Lipinski definition) is 3. The van der Waals surface area contributed by atoms with Crippen LogP contribution in [0.4, 0.5) is 10.1 Å². The van der Waals surface area contributed by atoms with E-state index in [1.165, 1.54) is 11.0 Å². The Morgan fingerprint density at radius 1 is 1.59 bits per heavy atom. The van der Waals surface area contributed by atoms with Crippen LogP contribution in [0.1, 0.15) is 6.42 Å². The van der Waals surface area contributed by atoms with E-state index in [-0.39, 0.29) is 17.5 Å². The van der Waals surface area contributed by atoms with E-state index in [0.717, 1.165) is 6.07 Å². The SMILES string of the molecule is NCC1CC(=O)N(c2cc(Br)cc(F)c2O)C1. The maximum absolute atomic E-state index is 13.4. The first-order valence-electron chi connectivity index (χ1n) is 5.21. The summed E-state index contributed by atoms with van der Waals surface area (Å²) in [6, 6.07) is 2.68. The number of aromatic hydroxyl groups is 1. The number of carbonyl (C=O) groups excluding carboxylic acids is 1. The van der Waals surface area contributed by atoms with Crippen LogP contribution >= 0.6 is 15.9 Å². The molecule has 1 aromatic carbocycles. The van der Waals surface area contributed by atoms with Gasteiger partial charge in [-0.2, -0.15) is 0 Å². The Labute approximate surface area is 106 Å². The molecule has 2 rings (SSSR count). The fourth-order valence-electron chi connectivity index (χ4n) is 1.93. The number of phenols is 1. The van der Waals surface area contributed by atoms with Crippen molar-refractivity contribution < 1.29 is 14.3 Å². The van der Waals surface area contributed by atoms with E-state index in [0.29, 0.717) is 24.0 Å². The smallest absolute Gasteiger partial charge is 0.227 e. The van der Waals surface area contributed by atoms with Crippen LogP contribution in [0.5, 0.6) is 5.75 Å². The topological polar surface area (TPSA) is 66.6 Å². The Morgan fingerprint density at radius 3 is 2.88 bits per heavy atom. The molecule has 3 N–H and O–H groups in total. The van der Waals surface area contributed by atoms with Crippen molar-refractivity contribution in [3.05, 3.63) is 22.4 Å². The normalized spacial score (nSPS) is 20.1. The lowest BCUT2D eigenvalue weighted by atomic mass is 10.1. The molecule has 92 valence electrons. The van der Waals surface area contributed by atoms with Gasteiger partial charge in [0.1, 0.15) is 0 Å². The van der Waals surface area contributed by atoms with Crippen LogP contribution in [0.2, 0.25) is 0 Å². The standard InChI is InChI=1S/C11H12BrFN2O2/c12-7-2-8(13)11(17)9(3-7)15-5-6(4-14)1-10(15)16/h2-3,6,17H,1,4-5,14H2. The molecule has 1 aliphatic heterocycles. The van der Waals surface area contributed by atoms with Crippen LogP contribution in [-0.2, 0) is 4.79 Å². The molecule has 0 saturated carbocycles. The molecule has 1 aliphatic rings. The van der Waals surface area contributed by atoms with Crippen molar-refractivity contribution in [2.24, 2.45) is 11.7 Å². The molecule has 0 aliphatic carbocycles. The summed E-state index contributed by atoms with van der Waals surface area (Å²) < 4.78 is 13.8. The molecule has 1 fully saturated rings. The number of nitrogens with two attached hydrogens (primary N) is 1. The average molecular weight is 303 g/mol. The number of hydrogen-bond donors (Lipinski definition) is 2. The van der Waals surface area contributed by atoms with Crippen molar-refractivity contribution in [2.75, 3.05) is 18.0 Å². The van der Waals surface area contributed by atoms with Gasteiger partial charge in [0.15, 0.2) is 11.6 Å². The number of halogens is 2. The molecular formula is C11H12BrFN2O2. The zero-order valence-corrected chi connectivity index (χ0v) is 10.6. The second-order valence-corrected chi connectivity index (χ2v) is 4.98. The van der Waals surface area contributed by atoms with Crippen LogP contribution in [0.15, 0.2) is 16.6 Å². The quantitative estimate of drug-likeness (QED) is 0.872. The summed E-state index contributed by atoms with van der Waals surface area (Å²) in [4.78, 5) is 13.1. The van der Waals surface area contributed by atoms with Crippen molar-refractivity contribution in [3.63, 3.8) is 0 Å². The second kappa shape index (κ2) is 4.62. The molecule has 0 radical (unpaired) electrons.